The number of aliphatic hydroxyl groups is 1. The number of aliphatic hydroxyl groups excluding tert-OH is 1. The summed E-state index contributed by atoms with van der Waals surface area (Å²) >= 11 is 0. The molecule has 14 heavy (non-hydrogen) atoms. The first-order chi connectivity index (χ1) is 6.50. The van der Waals surface area contributed by atoms with Crippen molar-refractivity contribution in [3.05, 3.63) is 42.0 Å². The fourth-order valence-corrected chi connectivity index (χ4v) is 1.13. The summed E-state index contributed by atoms with van der Waals surface area (Å²) in [7, 11) is -4.40. The van der Waals surface area contributed by atoms with Gasteiger partial charge in [0.1, 0.15) is 0 Å². The molecule has 0 radical (unpaired) electrons. The second-order valence-electron chi connectivity index (χ2n) is 2.68. The molecule has 1 atom stereocenters. The van der Waals surface area contributed by atoms with Crippen LogP contribution in [0.4, 0.5) is 0 Å². The van der Waals surface area contributed by atoms with Crippen LogP contribution in [-0.4, -0.2) is 23.5 Å². The minimum absolute atomic E-state index is 0.746. The minimum Gasteiger partial charge on any atom is -0.372 e. The Morgan fingerprint density at radius 1 is 1.21 bits per heavy atom. The molecular formula is C9H10O4S. The van der Waals surface area contributed by atoms with Crippen molar-refractivity contribution in [1.29, 1.82) is 0 Å². The largest absolute Gasteiger partial charge is 0.372 e. The van der Waals surface area contributed by atoms with Crippen molar-refractivity contribution in [1.82, 2.24) is 0 Å². The Labute approximate surface area is 82.3 Å². The molecule has 0 fully saturated rings. The Balaban J connectivity index is 2.75. The first-order valence-electron chi connectivity index (χ1n) is 3.88. The molecule has 1 rings (SSSR count). The van der Waals surface area contributed by atoms with E-state index in [9.17, 15) is 8.42 Å². The summed E-state index contributed by atoms with van der Waals surface area (Å²) in [4.78, 5) is 0. The third-order valence-corrected chi connectivity index (χ3v) is 2.33. The highest BCUT2D eigenvalue weighted by Crippen LogP contribution is 2.04. The summed E-state index contributed by atoms with van der Waals surface area (Å²) in [5.74, 6) is 0. The van der Waals surface area contributed by atoms with Crippen LogP contribution in [0, 0.1) is 0 Å². The van der Waals surface area contributed by atoms with Gasteiger partial charge in [0.15, 0.2) is 5.44 Å². The van der Waals surface area contributed by atoms with Crippen LogP contribution >= 0.6 is 0 Å². The molecule has 0 aromatic heterocycles. The molecule has 0 saturated carbocycles. The Hall–Kier alpha value is -1.17. The van der Waals surface area contributed by atoms with Crippen molar-refractivity contribution in [3.63, 3.8) is 0 Å². The quantitative estimate of drug-likeness (QED) is 0.733. The van der Waals surface area contributed by atoms with Gasteiger partial charge in [-0.25, -0.2) is 0 Å². The maximum Gasteiger partial charge on any atom is 0.295 e. The molecule has 76 valence electrons. The van der Waals surface area contributed by atoms with E-state index in [4.69, 9.17) is 9.66 Å². The van der Waals surface area contributed by atoms with Gasteiger partial charge in [-0.15, -0.1) is 0 Å². The fraction of sp³-hybridized carbons (Fsp3) is 0.111. The van der Waals surface area contributed by atoms with Gasteiger partial charge < -0.3 is 5.11 Å². The van der Waals surface area contributed by atoms with Gasteiger partial charge in [-0.05, 0) is 11.6 Å². The summed E-state index contributed by atoms with van der Waals surface area (Å²) < 4.78 is 29.2. The SMILES string of the molecule is O=S(=O)(O)[C@@H](O)/C=C\c1ccccc1. The second kappa shape index (κ2) is 4.36. The fourth-order valence-electron chi connectivity index (χ4n) is 0.857. The first-order valence-corrected chi connectivity index (χ1v) is 5.38. The second-order valence-corrected chi connectivity index (χ2v) is 4.19. The first kappa shape index (κ1) is 10.9. The number of benzene rings is 1. The molecule has 5 heteroatoms. The summed E-state index contributed by atoms with van der Waals surface area (Å²) in [6, 6.07) is 8.86. The number of rotatable bonds is 3. The molecule has 2 N–H and O–H groups in total. The Bertz CT molecular complexity index is 408. The maximum atomic E-state index is 10.4. The van der Waals surface area contributed by atoms with E-state index in [2.05, 4.69) is 0 Å². The van der Waals surface area contributed by atoms with Crippen molar-refractivity contribution in [2.75, 3.05) is 0 Å². The third kappa shape index (κ3) is 3.29. The van der Waals surface area contributed by atoms with Crippen LogP contribution in [0.2, 0.25) is 0 Å². The lowest BCUT2D eigenvalue weighted by Crippen LogP contribution is -2.16. The zero-order chi connectivity index (χ0) is 10.6. The maximum absolute atomic E-state index is 10.4. The van der Waals surface area contributed by atoms with Gasteiger partial charge in [0.2, 0.25) is 0 Å². The minimum atomic E-state index is -4.40. The Kier molecular flexibility index (Phi) is 3.40. The predicted molar refractivity (Wildman–Crippen MR) is 53.0 cm³/mol. The molecule has 0 aliphatic rings. The molecule has 0 amide bonds. The Morgan fingerprint density at radius 3 is 2.29 bits per heavy atom. The van der Waals surface area contributed by atoms with E-state index >= 15 is 0 Å². The van der Waals surface area contributed by atoms with Crippen LogP contribution in [0.15, 0.2) is 36.4 Å². The topological polar surface area (TPSA) is 74.6 Å². The highest BCUT2D eigenvalue weighted by Gasteiger charge is 2.14. The van der Waals surface area contributed by atoms with Crippen LogP contribution in [0.5, 0.6) is 0 Å². The lowest BCUT2D eigenvalue weighted by Gasteiger charge is -1.99. The van der Waals surface area contributed by atoms with Crippen LogP contribution in [0.1, 0.15) is 5.56 Å². The highest BCUT2D eigenvalue weighted by atomic mass is 32.2. The van der Waals surface area contributed by atoms with E-state index in [1.807, 2.05) is 6.07 Å². The van der Waals surface area contributed by atoms with E-state index in [1.54, 1.807) is 24.3 Å². The summed E-state index contributed by atoms with van der Waals surface area (Å²) in [6.07, 6.45) is 2.42. The van der Waals surface area contributed by atoms with E-state index < -0.39 is 15.6 Å². The van der Waals surface area contributed by atoms with Crippen LogP contribution in [0.3, 0.4) is 0 Å². The smallest absolute Gasteiger partial charge is 0.295 e. The summed E-state index contributed by atoms with van der Waals surface area (Å²) in [6.45, 7) is 0. The highest BCUT2D eigenvalue weighted by molar-refractivity contribution is 7.86. The molecule has 0 aliphatic carbocycles. The zero-order valence-corrected chi connectivity index (χ0v) is 8.05. The predicted octanol–water partition coefficient (Wildman–Crippen LogP) is 0.906. The average molecular weight is 214 g/mol. The molecular weight excluding hydrogens is 204 g/mol. The van der Waals surface area contributed by atoms with Crippen LogP contribution in [-0.2, 0) is 10.1 Å². The van der Waals surface area contributed by atoms with Gasteiger partial charge in [0.05, 0.1) is 0 Å². The van der Waals surface area contributed by atoms with Gasteiger partial charge in [-0.2, -0.15) is 8.42 Å². The van der Waals surface area contributed by atoms with E-state index in [0.717, 1.165) is 11.6 Å². The van der Waals surface area contributed by atoms with Gasteiger partial charge in [-0.1, -0.05) is 36.4 Å². The zero-order valence-electron chi connectivity index (χ0n) is 7.24. The van der Waals surface area contributed by atoms with Gasteiger partial charge in [0.25, 0.3) is 10.1 Å². The Morgan fingerprint density at radius 2 is 1.79 bits per heavy atom. The summed E-state index contributed by atoms with van der Waals surface area (Å²) in [5.41, 5.74) is -1.13. The number of hydrogen-bond acceptors (Lipinski definition) is 3. The molecule has 1 aromatic rings. The van der Waals surface area contributed by atoms with Crippen molar-refractivity contribution in [2.45, 2.75) is 5.44 Å². The van der Waals surface area contributed by atoms with E-state index in [1.165, 1.54) is 6.08 Å². The van der Waals surface area contributed by atoms with Gasteiger partial charge in [0, 0.05) is 0 Å². The lowest BCUT2D eigenvalue weighted by atomic mass is 10.2. The van der Waals surface area contributed by atoms with Gasteiger partial charge >= 0.3 is 0 Å². The monoisotopic (exact) mass is 214 g/mol. The third-order valence-electron chi connectivity index (χ3n) is 1.56. The van der Waals surface area contributed by atoms with E-state index in [0.29, 0.717) is 0 Å². The summed E-state index contributed by atoms with van der Waals surface area (Å²) in [5, 5.41) is 8.92. The number of hydrogen-bond donors (Lipinski definition) is 2. The molecule has 0 spiro atoms. The van der Waals surface area contributed by atoms with Crippen LogP contribution in [0.25, 0.3) is 6.08 Å². The molecule has 0 unspecified atom stereocenters. The standard InChI is InChI=1S/C9H10O4S/c10-9(14(11,12)13)7-6-8-4-2-1-3-5-8/h1-7,9-10H,(H,11,12,13)/b7-6-/t9-/m1/s1. The molecule has 0 saturated heterocycles. The molecule has 0 heterocycles. The van der Waals surface area contributed by atoms with Crippen molar-refractivity contribution in [2.24, 2.45) is 0 Å². The lowest BCUT2D eigenvalue weighted by molar-refractivity contribution is 0.276. The van der Waals surface area contributed by atoms with Crippen molar-refractivity contribution < 1.29 is 18.1 Å². The van der Waals surface area contributed by atoms with Crippen molar-refractivity contribution >= 4 is 16.2 Å². The van der Waals surface area contributed by atoms with E-state index in [-0.39, 0.29) is 0 Å². The molecule has 1 aromatic carbocycles. The normalized spacial score (nSPS) is 14.4. The average Bonchev–Trinajstić information content (AvgIpc) is 2.14. The molecule has 0 aliphatic heterocycles. The molecule has 0 bridgehead atoms. The van der Waals surface area contributed by atoms with Crippen LogP contribution < -0.4 is 0 Å². The van der Waals surface area contributed by atoms with Gasteiger partial charge in [-0.3, -0.25) is 4.55 Å². The molecule has 4 nitrogen and oxygen atoms in total. The van der Waals surface area contributed by atoms with Crippen molar-refractivity contribution in [3.8, 4) is 0 Å².